The quantitative estimate of drug-likeness (QED) is 0.763. The van der Waals surface area contributed by atoms with Gasteiger partial charge in [0, 0.05) is 18.8 Å². The van der Waals surface area contributed by atoms with E-state index in [4.69, 9.17) is 9.84 Å². The van der Waals surface area contributed by atoms with Crippen molar-refractivity contribution in [3.8, 4) is 0 Å². The standard InChI is InChI=1S/C14H22N2O3/c1-14(2,3)19-13(18)16-10-11-4-6-12(7-5-11)15-8-9-17/h4-7,15,17H,8-10H2,1-3H3,(H,16,18). The third-order valence-electron chi connectivity index (χ3n) is 2.23. The number of amides is 1. The van der Waals surface area contributed by atoms with Crippen molar-refractivity contribution in [1.82, 2.24) is 5.32 Å². The maximum atomic E-state index is 11.5. The maximum absolute atomic E-state index is 11.5. The summed E-state index contributed by atoms with van der Waals surface area (Å²) in [6.07, 6.45) is -0.421. The molecule has 0 fully saturated rings. The molecule has 5 heteroatoms. The number of ether oxygens (including phenoxy) is 1. The molecule has 106 valence electrons. The van der Waals surface area contributed by atoms with Gasteiger partial charge in [-0.3, -0.25) is 0 Å². The van der Waals surface area contributed by atoms with Crippen molar-refractivity contribution in [2.75, 3.05) is 18.5 Å². The summed E-state index contributed by atoms with van der Waals surface area (Å²) >= 11 is 0. The van der Waals surface area contributed by atoms with Gasteiger partial charge in [0.15, 0.2) is 0 Å². The topological polar surface area (TPSA) is 70.6 Å². The average molecular weight is 266 g/mol. The van der Waals surface area contributed by atoms with E-state index in [1.165, 1.54) is 0 Å². The van der Waals surface area contributed by atoms with Crippen LogP contribution in [0.3, 0.4) is 0 Å². The summed E-state index contributed by atoms with van der Waals surface area (Å²) in [5.74, 6) is 0. The highest BCUT2D eigenvalue weighted by atomic mass is 16.6. The van der Waals surface area contributed by atoms with Crippen LogP contribution in [0.1, 0.15) is 26.3 Å². The molecule has 0 saturated heterocycles. The molecule has 1 aromatic rings. The normalized spacial score (nSPS) is 10.9. The lowest BCUT2D eigenvalue weighted by Crippen LogP contribution is -2.32. The van der Waals surface area contributed by atoms with Crippen molar-refractivity contribution in [2.24, 2.45) is 0 Å². The minimum atomic E-state index is -0.484. The first kappa shape index (κ1) is 15.3. The highest BCUT2D eigenvalue weighted by Crippen LogP contribution is 2.10. The average Bonchev–Trinajstić information content (AvgIpc) is 2.33. The zero-order chi connectivity index (χ0) is 14.3. The van der Waals surface area contributed by atoms with Gasteiger partial charge in [-0.1, -0.05) is 12.1 Å². The first-order chi connectivity index (χ1) is 8.90. The summed E-state index contributed by atoms with van der Waals surface area (Å²) in [6, 6.07) is 7.64. The van der Waals surface area contributed by atoms with E-state index < -0.39 is 11.7 Å². The maximum Gasteiger partial charge on any atom is 0.407 e. The van der Waals surface area contributed by atoms with Gasteiger partial charge in [0.05, 0.1) is 6.61 Å². The lowest BCUT2D eigenvalue weighted by molar-refractivity contribution is 0.0523. The Bertz CT molecular complexity index is 396. The molecular formula is C14H22N2O3. The van der Waals surface area contributed by atoms with Gasteiger partial charge < -0.3 is 20.5 Å². The third kappa shape index (κ3) is 6.67. The molecule has 1 rings (SSSR count). The van der Waals surface area contributed by atoms with Crippen molar-refractivity contribution in [1.29, 1.82) is 0 Å². The molecule has 0 aliphatic heterocycles. The second kappa shape index (κ2) is 6.99. The molecule has 0 spiro atoms. The summed E-state index contributed by atoms with van der Waals surface area (Å²) in [6.45, 7) is 6.53. The van der Waals surface area contributed by atoms with Crippen molar-refractivity contribution >= 4 is 11.8 Å². The van der Waals surface area contributed by atoms with E-state index in [1.807, 2.05) is 45.0 Å². The van der Waals surface area contributed by atoms with Gasteiger partial charge in [-0.05, 0) is 38.5 Å². The molecule has 0 aliphatic carbocycles. The molecule has 0 heterocycles. The number of nitrogens with one attached hydrogen (secondary N) is 2. The van der Waals surface area contributed by atoms with Crippen LogP contribution >= 0.6 is 0 Å². The molecule has 0 aromatic heterocycles. The number of benzene rings is 1. The Labute approximate surface area is 114 Å². The lowest BCUT2D eigenvalue weighted by atomic mass is 10.2. The van der Waals surface area contributed by atoms with E-state index >= 15 is 0 Å². The second-order valence-corrected chi connectivity index (χ2v) is 5.20. The van der Waals surface area contributed by atoms with E-state index in [9.17, 15) is 4.79 Å². The molecule has 5 nitrogen and oxygen atoms in total. The Hall–Kier alpha value is -1.75. The number of aliphatic hydroxyl groups is 1. The highest BCUT2D eigenvalue weighted by molar-refractivity contribution is 5.67. The molecule has 0 radical (unpaired) electrons. The molecule has 3 N–H and O–H groups in total. The number of carbonyl (C=O) groups is 1. The lowest BCUT2D eigenvalue weighted by Gasteiger charge is -2.19. The molecule has 0 bridgehead atoms. The van der Waals surface area contributed by atoms with Crippen molar-refractivity contribution in [2.45, 2.75) is 32.9 Å². The van der Waals surface area contributed by atoms with Crippen LogP contribution < -0.4 is 10.6 Å². The summed E-state index contributed by atoms with van der Waals surface area (Å²) in [7, 11) is 0. The summed E-state index contributed by atoms with van der Waals surface area (Å²) in [5, 5.41) is 14.4. The Kier molecular flexibility index (Phi) is 5.63. The van der Waals surface area contributed by atoms with Crippen LogP contribution in [0, 0.1) is 0 Å². The van der Waals surface area contributed by atoms with Crippen molar-refractivity contribution in [3.05, 3.63) is 29.8 Å². The molecule has 1 aromatic carbocycles. The van der Waals surface area contributed by atoms with Crippen LogP contribution in [0.15, 0.2) is 24.3 Å². The largest absolute Gasteiger partial charge is 0.444 e. The third-order valence-corrected chi connectivity index (χ3v) is 2.23. The summed E-state index contributed by atoms with van der Waals surface area (Å²) in [5.41, 5.74) is 1.44. The summed E-state index contributed by atoms with van der Waals surface area (Å²) < 4.78 is 5.15. The minimum Gasteiger partial charge on any atom is -0.444 e. The Morgan fingerprint density at radius 2 is 1.89 bits per heavy atom. The SMILES string of the molecule is CC(C)(C)OC(=O)NCc1ccc(NCCO)cc1. The van der Waals surface area contributed by atoms with E-state index in [0.717, 1.165) is 11.3 Å². The minimum absolute atomic E-state index is 0.0992. The van der Waals surface area contributed by atoms with Gasteiger partial charge in [0.25, 0.3) is 0 Å². The van der Waals surface area contributed by atoms with Gasteiger partial charge in [0.2, 0.25) is 0 Å². The van der Waals surface area contributed by atoms with E-state index in [0.29, 0.717) is 13.1 Å². The first-order valence-corrected chi connectivity index (χ1v) is 6.31. The molecule has 0 saturated carbocycles. The number of rotatable bonds is 5. The van der Waals surface area contributed by atoms with Gasteiger partial charge in [0.1, 0.15) is 5.60 Å². The van der Waals surface area contributed by atoms with Crippen LogP contribution in [0.25, 0.3) is 0 Å². The number of aliphatic hydroxyl groups excluding tert-OH is 1. The number of hydrogen-bond acceptors (Lipinski definition) is 4. The van der Waals surface area contributed by atoms with E-state index in [-0.39, 0.29) is 6.61 Å². The fourth-order valence-electron chi connectivity index (χ4n) is 1.43. The smallest absolute Gasteiger partial charge is 0.407 e. The Morgan fingerprint density at radius 1 is 1.26 bits per heavy atom. The van der Waals surface area contributed by atoms with E-state index in [2.05, 4.69) is 10.6 Å². The highest BCUT2D eigenvalue weighted by Gasteiger charge is 2.15. The van der Waals surface area contributed by atoms with Gasteiger partial charge in [-0.15, -0.1) is 0 Å². The molecule has 0 unspecified atom stereocenters. The molecule has 19 heavy (non-hydrogen) atoms. The van der Waals surface area contributed by atoms with Gasteiger partial charge >= 0.3 is 6.09 Å². The van der Waals surface area contributed by atoms with E-state index in [1.54, 1.807) is 0 Å². The van der Waals surface area contributed by atoms with Crippen LogP contribution in [0.2, 0.25) is 0 Å². The zero-order valence-corrected chi connectivity index (χ0v) is 11.7. The van der Waals surface area contributed by atoms with Crippen LogP contribution in [0.5, 0.6) is 0 Å². The second-order valence-electron chi connectivity index (χ2n) is 5.20. The fourth-order valence-corrected chi connectivity index (χ4v) is 1.43. The number of carbonyl (C=O) groups excluding carboxylic acids is 1. The monoisotopic (exact) mass is 266 g/mol. The van der Waals surface area contributed by atoms with Crippen molar-refractivity contribution < 1.29 is 14.6 Å². The summed E-state index contributed by atoms with van der Waals surface area (Å²) in [4.78, 5) is 11.5. The Morgan fingerprint density at radius 3 is 2.42 bits per heavy atom. The molecule has 1 amide bonds. The van der Waals surface area contributed by atoms with Crippen LogP contribution in [0.4, 0.5) is 10.5 Å². The predicted molar refractivity (Wildman–Crippen MR) is 75.1 cm³/mol. The number of anilines is 1. The molecule has 0 atom stereocenters. The predicted octanol–water partition coefficient (Wildman–Crippen LogP) is 2.12. The van der Waals surface area contributed by atoms with Crippen molar-refractivity contribution in [3.63, 3.8) is 0 Å². The van der Waals surface area contributed by atoms with Crippen LogP contribution in [-0.4, -0.2) is 30.0 Å². The van der Waals surface area contributed by atoms with Gasteiger partial charge in [-0.25, -0.2) is 4.79 Å². The number of alkyl carbamates (subject to hydrolysis) is 1. The first-order valence-electron chi connectivity index (χ1n) is 6.31. The fraction of sp³-hybridized carbons (Fsp3) is 0.500. The number of hydrogen-bond donors (Lipinski definition) is 3. The zero-order valence-electron chi connectivity index (χ0n) is 11.7. The Balaban J connectivity index is 2.39. The molecular weight excluding hydrogens is 244 g/mol. The molecule has 0 aliphatic rings. The van der Waals surface area contributed by atoms with Crippen LogP contribution in [-0.2, 0) is 11.3 Å². The van der Waals surface area contributed by atoms with Gasteiger partial charge in [-0.2, -0.15) is 0 Å².